The molecule has 18 heavy (non-hydrogen) atoms. The summed E-state index contributed by atoms with van der Waals surface area (Å²) in [5, 5.41) is 11.2. The Morgan fingerprint density at radius 2 is 1.33 bits per heavy atom. The Morgan fingerprint density at radius 3 is 1.72 bits per heavy atom. The molecule has 0 saturated carbocycles. The Balaban J connectivity index is 2.49. The molecule has 1 nitrogen and oxygen atoms in total. The zero-order valence-electron chi connectivity index (χ0n) is 9.99. The van der Waals surface area contributed by atoms with Crippen LogP contribution in [0.3, 0.4) is 0 Å². The van der Waals surface area contributed by atoms with Gasteiger partial charge in [0.15, 0.2) is 0 Å². The van der Waals surface area contributed by atoms with Crippen molar-refractivity contribution in [3.8, 4) is 6.07 Å². The molecule has 0 spiro atoms. The smallest absolute Gasteiger partial charge is 0.0625 e. The maximum Gasteiger partial charge on any atom is 0.0625 e. The molecule has 0 bridgehead atoms. The highest BCUT2D eigenvalue weighted by atomic mass is 32.4. The van der Waals surface area contributed by atoms with E-state index in [0.717, 1.165) is 6.16 Å². The van der Waals surface area contributed by atoms with Crippen molar-refractivity contribution in [2.24, 2.45) is 0 Å². The highest BCUT2D eigenvalue weighted by Gasteiger charge is 2.21. The lowest BCUT2D eigenvalue weighted by molar-refractivity contribution is 1.23. The third kappa shape index (κ3) is 2.70. The molecule has 0 fully saturated rings. The Labute approximate surface area is 113 Å². The Kier molecular flexibility index (Phi) is 4.31. The Bertz CT molecular complexity index is 543. The van der Waals surface area contributed by atoms with Gasteiger partial charge in [0.2, 0.25) is 0 Å². The Hall–Kier alpha value is -1.42. The van der Waals surface area contributed by atoms with E-state index in [-0.39, 0.29) is 0 Å². The van der Waals surface area contributed by atoms with Crippen molar-refractivity contribution in [1.82, 2.24) is 0 Å². The second kappa shape index (κ2) is 5.96. The molecule has 0 aliphatic heterocycles. The van der Waals surface area contributed by atoms with Crippen LogP contribution in [-0.4, -0.2) is 6.16 Å². The summed E-state index contributed by atoms with van der Waals surface area (Å²) in [4.78, 5) is 0. The van der Waals surface area contributed by atoms with Gasteiger partial charge in [-0.25, -0.2) is 0 Å². The molecule has 2 rings (SSSR count). The van der Waals surface area contributed by atoms with Crippen LogP contribution in [0.2, 0.25) is 0 Å². The quantitative estimate of drug-likeness (QED) is 0.798. The van der Waals surface area contributed by atoms with Crippen molar-refractivity contribution in [3.63, 3.8) is 0 Å². The second-order valence-corrected chi connectivity index (χ2v) is 8.87. The van der Waals surface area contributed by atoms with Crippen LogP contribution in [0.25, 0.3) is 0 Å². The maximum atomic E-state index is 8.84. The van der Waals surface area contributed by atoms with Crippen molar-refractivity contribution in [3.05, 3.63) is 60.7 Å². The molecule has 2 aromatic carbocycles. The fourth-order valence-corrected chi connectivity index (χ4v) is 5.49. The van der Waals surface area contributed by atoms with Crippen LogP contribution in [0.1, 0.15) is 6.42 Å². The molecule has 0 aromatic heterocycles. The molecule has 90 valence electrons. The Morgan fingerprint density at radius 1 is 0.889 bits per heavy atom. The molecular weight excluding hydrogens is 257 g/mol. The summed E-state index contributed by atoms with van der Waals surface area (Å²) >= 11 is 5.96. The minimum Gasteiger partial charge on any atom is -0.198 e. The molecule has 2 aromatic rings. The van der Waals surface area contributed by atoms with Crippen LogP contribution in [0.5, 0.6) is 0 Å². The van der Waals surface area contributed by atoms with E-state index in [4.69, 9.17) is 17.1 Å². The molecule has 0 amide bonds. The molecule has 0 aliphatic carbocycles. The van der Waals surface area contributed by atoms with Crippen molar-refractivity contribution in [2.45, 2.75) is 6.42 Å². The van der Waals surface area contributed by atoms with Crippen LogP contribution >= 0.6 is 6.04 Å². The van der Waals surface area contributed by atoms with Crippen LogP contribution < -0.4 is 10.6 Å². The van der Waals surface area contributed by atoms with Gasteiger partial charge in [-0.15, -0.1) is 0 Å². The van der Waals surface area contributed by atoms with Crippen molar-refractivity contribution in [1.29, 1.82) is 5.26 Å². The highest BCUT2D eigenvalue weighted by Crippen LogP contribution is 2.44. The molecule has 0 aliphatic rings. The summed E-state index contributed by atoms with van der Waals surface area (Å²) in [6.07, 6.45) is 1.29. The third-order valence-corrected chi connectivity index (χ3v) is 7.82. The zero-order valence-corrected chi connectivity index (χ0v) is 11.7. The number of hydrogen-bond acceptors (Lipinski definition) is 2. The predicted octanol–water partition coefficient (Wildman–Crippen LogP) is 3.03. The van der Waals surface area contributed by atoms with Gasteiger partial charge < -0.3 is 0 Å². The molecule has 0 atom stereocenters. The average Bonchev–Trinajstić information content (AvgIpc) is 2.46. The van der Waals surface area contributed by atoms with E-state index < -0.39 is 6.04 Å². The number of nitrogens with zero attached hydrogens (tertiary/aromatic N) is 1. The monoisotopic (exact) mass is 271 g/mol. The first-order valence-corrected chi connectivity index (χ1v) is 8.83. The van der Waals surface area contributed by atoms with E-state index >= 15 is 0 Å². The molecular formula is C15H14NPS. The zero-order chi connectivity index (χ0) is 12.8. The van der Waals surface area contributed by atoms with Crippen molar-refractivity contribution >= 4 is 28.5 Å². The molecule has 0 N–H and O–H groups in total. The third-order valence-electron chi connectivity index (χ3n) is 2.89. The van der Waals surface area contributed by atoms with Gasteiger partial charge in [0.05, 0.1) is 6.07 Å². The van der Waals surface area contributed by atoms with E-state index in [9.17, 15) is 0 Å². The van der Waals surface area contributed by atoms with Crippen LogP contribution in [-0.2, 0) is 11.8 Å². The summed E-state index contributed by atoms with van der Waals surface area (Å²) in [7, 11) is 0. The lowest BCUT2D eigenvalue weighted by Gasteiger charge is -2.22. The van der Waals surface area contributed by atoms with Gasteiger partial charge in [-0.1, -0.05) is 72.5 Å². The number of benzene rings is 2. The largest absolute Gasteiger partial charge is 0.198 e. The normalized spacial score (nSPS) is 10.8. The lowest BCUT2D eigenvalue weighted by Crippen LogP contribution is -2.17. The summed E-state index contributed by atoms with van der Waals surface area (Å²) in [5.74, 6) is 0. The van der Waals surface area contributed by atoms with Gasteiger partial charge in [0.25, 0.3) is 0 Å². The summed E-state index contributed by atoms with van der Waals surface area (Å²) in [6, 6.07) is 20.8. The summed E-state index contributed by atoms with van der Waals surface area (Å²) in [6.45, 7) is 0. The predicted molar refractivity (Wildman–Crippen MR) is 81.5 cm³/mol. The molecule has 0 saturated heterocycles. The number of nitriles is 1. The summed E-state index contributed by atoms with van der Waals surface area (Å²) in [5.41, 5.74) is 0. The summed E-state index contributed by atoms with van der Waals surface area (Å²) < 4.78 is 0. The SMILES string of the molecule is N#CCCP(=S)(c1ccccc1)c1ccccc1. The molecule has 3 heteroatoms. The van der Waals surface area contributed by atoms with Gasteiger partial charge in [-0.2, -0.15) is 5.26 Å². The van der Waals surface area contributed by atoms with Gasteiger partial charge in [0.1, 0.15) is 0 Å². The van der Waals surface area contributed by atoms with Gasteiger partial charge >= 0.3 is 0 Å². The first kappa shape index (κ1) is 13.0. The molecule has 0 heterocycles. The van der Waals surface area contributed by atoms with E-state index in [1.165, 1.54) is 10.6 Å². The lowest BCUT2D eigenvalue weighted by atomic mass is 10.4. The first-order chi connectivity index (χ1) is 8.77. The maximum absolute atomic E-state index is 8.84. The van der Waals surface area contributed by atoms with E-state index in [2.05, 4.69) is 30.3 Å². The van der Waals surface area contributed by atoms with Crippen molar-refractivity contribution < 1.29 is 0 Å². The average molecular weight is 271 g/mol. The van der Waals surface area contributed by atoms with Crippen LogP contribution in [0.4, 0.5) is 0 Å². The van der Waals surface area contributed by atoms with Gasteiger partial charge in [-0.3, -0.25) is 0 Å². The highest BCUT2D eigenvalue weighted by molar-refractivity contribution is 8.21. The van der Waals surface area contributed by atoms with Crippen LogP contribution in [0, 0.1) is 11.3 Å². The fraction of sp³-hybridized carbons (Fsp3) is 0.133. The van der Waals surface area contributed by atoms with E-state index in [1.54, 1.807) is 0 Å². The van der Waals surface area contributed by atoms with Crippen molar-refractivity contribution in [2.75, 3.05) is 6.16 Å². The molecule has 0 radical (unpaired) electrons. The topological polar surface area (TPSA) is 23.8 Å². The first-order valence-electron chi connectivity index (χ1n) is 5.84. The standard InChI is InChI=1S/C15H14NPS/c16-12-7-13-17(18,14-8-3-1-4-9-14)15-10-5-2-6-11-15/h1-6,8-11H,7,13H2. The molecule has 0 unspecified atom stereocenters. The minimum atomic E-state index is -1.83. The van der Waals surface area contributed by atoms with Crippen LogP contribution in [0.15, 0.2) is 60.7 Å². The van der Waals surface area contributed by atoms with E-state index in [0.29, 0.717) is 6.42 Å². The number of hydrogen-bond donors (Lipinski definition) is 0. The number of rotatable bonds is 4. The minimum absolute atomic E-state index is 0.515. The second-order valence-electron chi connectivity index (χ2n) is 4.04. The van der Waals surface area contributed by atoms with Gasteiger partial charge in [-0.05, 0) is 16.8 Å². The van der Waals surface area contributed by atoms with Gasteiger partial charge in [0, 0.05) is 12.5 Å². The van der Waals surface area contributed by atoms with E-state index in [1.807, 2.05) is 36.4 Å². The fourth-order valence-electron chi connectivity index (χ4n) is 1.95.